The molecule has 14 heteroatoms. The summed E-state index contributed by atoms with van der Waals surface area (Å²) in [6.45, 7) is 0.821. The van der Waals surface area contributed by atoms with E-state index in [4.69, 9.17) is 18.9 Å². The number of hydrogen-bond donors (Lipinski definition) is 0. The topological polar surface area (TPSA) is 152 Å². The van der Waals surface area contributed by atoms with Crippen LogP contribution in [0.25, 0.3) is 0 Å². The Hall–Kier alpha value is -6.70. The Bertz CT molecular complexity index is 2070. The second-order valence-corrected chi connectivity index (χ2v) is 13.7. The van der Waals surface area contributed by atoms with Crippen LogP contribution in [0.5, 0.6) is 11.5 Å². The van der Waals surface area contributed by atoms with Crippen molar-refractivity contribution in [1.82, 2.24) is 9.80 Å². The molecule has 0 saturated carbocycles. The van der Waals surface area contributed by atoms with Crippen molar-refractivity contribution in [1.29, 1.82) is 0 Å². The van der Waals surface area contributed by atoms with Gasteiger partial charge in [-0.05, 0) is 34.4 Å². The number of ether oxygens (including phenoxy) is 4. The number of carbonyl (C=O) groups is 6. The number of hydrogen-bond acceptors (Lipinski definition) is 10. The number of fused-ring (bicyclic) bond motifs is 6. The zero-order chi connectivity index (χ0) is 39.7. The van der Waals surface area contributed by atoms with Gasteiger partial charge in [-0.15, -0.1) is 0 Å². The van der Waals surface area contributed by atoms with Gasteiger partial charge >= 0.3 is 11.9 Å². The molecule has 0 unspecified atom stereocenters. The number of piperazine rings is 2. The molecule has 0 aromatic heterocycles. The second-order valence-electron chi connectivity index (χ2n) is 13.7. The predicted octanol–water partition coefficient (Wildman–Crippen LogP) is 3.56. The second kappa shape index (κ2) is 15.6. The number of amides is 4. The van der Waals surface area contributed by atoms with E-state index < -0.39 is 24.0 Å². The van der Waals surface area contributed by atoms with E-state index in [-0.39, 0.29) is 47.8 Å². The molecule has 0 aliphatic carbocycles. The third-order valence-electron chi connectivity index (χ3n) is 10.4. The summed E-state index contributed by atoms with van der Waals surface area (Å²) in [4.78, 5) is 82.1. The largest absolute Gasteiger partial charge is 0.496 e. The van der Waals surface area contributed by atoms with Crippen LogP contribution in [0, 0.1) is 0 Å². The molecule has 4 aliphatic heterocycles. The van der Waals surface area contributed by atoms with Crippen LogP contribution in [-0.2, 0) is 54.6 Å². The van der Waals surface area contributed by atoms with E-state index in [1.807, 2.05) is 60.7 Å². The van der Waals surface area contributed by atoms with Crippen LogP contribution in [0.15, 0.2) is 84.9 Å². The molecule has 2 saturated heterocycles. The van der Waals surface area contributed by atoms with Crippen molar-refractivity contribution in [2.75, 3.05) is 51.3 Å². The first-order chi connectivity index (χ1) is 27.1. The molecule has 288 valence electrons. The summed E-state index contributed by atoms with van der Waals surface area (Å²) in [6, 6.07) is 24.6. The smallest absolute Gasteiger partial charge is 0.341 e. The Balaban J connectivity index is 0.000000172. The molecule has 0 spiro atoms. The number of methoxy groups -OCH3 is 4. The predicted molar refractivity (Wildman–Crippen MR) is 202 cm³/mol. The van der Waals surface area contributed by atoms with Gasteiger partial charge in [0.1, 0.15) is 47.8 Å². The summed E-state index contributed by atoms with van der Waals surface area (Å²) in [5.41, 5.74) is 5.27. The van der Waals surface area contributed by atoms with Gasteiger partial charge in [-0.2, -0.15) is 0 Å². The van der Waals surface area contributed by atoms with Crippen molar-refractivity contribution in [3.63, 3.8) is 0 Å². The first kappa shape index (κ1) is 37.6. The molecule has 0 bridgehead atoms. The standard InChI is InChI=1S/2C21H20N2O5/c2*1-27-18-10-16-14(8-15(18)21(26)28-2)9-17-20(25)22(12-19(24)23(16)17)11-13-6-4-3-5-7-13/h2*3-8,10,17H,9,11-12H2,1-2H3/t2*17-/m00/s1. The Labute approximate surface area is 323 Å². The Kier molecular flexibility index (Phi) is 10.5. The van der Waals surface area contributed by atoms with Gasteiger partial charge in [-0.25, -0.2) is 9.59 Å². The zero-order valence-electron chi connectivity index (χ0n) is 31.4. The summed E-state index contributed by atoms with van der Waals surface area (Å²) < 4.78 is 20.2. The highest BCUT2D eigenvalue weighted by molar-refractivity contribution is 6.10. The summed E-state index contributed by atoms with van der Waals surface area (Å²) in [5, 5.41) is 0. The number of esters is 2. The van der Waals surface area contributed by atoms with Crippen molar-refractivity contribution in [2.45, 2.75) is 38.0 Å². The molecule has 4 amide bonds. The zero-order valence-corrected chi connectivity index (χ0v) is 31.4. The van der Waals surface area contributed by atoms with Crippen molar-refractivity contribution in [3.8, 4) is 11.5 Å². The molecule has 14 nitrogen and oxygen atoms in total. The van der Waals surface area contributed by atoms with E-state index in [2.05, 4.69) is 0 Å². The minimum atomic E-state index is -0.599. The highest BCUT2D eigenvalue weighted by Crippen LogP contribution is 2.41. The summed E-state index contributed by atoms with van der Waals surface area (Å²) in [5.74, 6) is -0.895. The first-order valence-electron chi connectivity index (χ1n) is 17.9. The molecular formula is C42H40N4O10. The number of benzene rings is 4. The lowest BCUT2D eigenvalue weighted by Gasteiger charge is -2.36. The van der Waals surface area contributed by atoms with Crippen LogP contribution < -0.4 is 19.3 Å². The van der Waals surface area contributed by atoms with Gasteiger partial charge in [-0.3, -0.25) is 29.0 Å². The van der Waals surface area contributed by atoms with Crippen molar-refractivity contribution < 1.29 is 47.7 Å². The van der Waals surface area contributed by atoms with E-state index in [1.165, 1.54) is 38.2 Å². The minimum Gasteiger partial charge on any atom is -0.496 e. The summed E-state index contributed by atoms with van der Waals surface area (Å²) >= 11 is 0. The number of anilines is 2. The van der Waals surface area contributed by atoms with E-state index in [9.17, 15) is 28.8 Å². The molecule has 4 aromatic rings. The molecule has 4 aliphatic rings. The van der Waals surface area contributed by atoms with Gasteiger partial charge in [0.2, 0.25) is 23.6 Å². The van der Waals surface area contributed by atoms with Gasteiger partial charge < -0.3 is 28.7 Å². The number of rotatable bonds is 8. The van der Waals surface area contributed by atoms with Gasteiger partial charge in [0, 0.05) is 38.1 Å². The Morgan fingerprint density at radius 1 is 0.571 bits per heavy atom. The van der Waals surface area contributed by atoms with E-state index in [1.54, 1.807) is 34.1 Å². The average molecular weight is 761 g/mol. The SMILES string of the molecule is COC(=O)c1cc2c(cc1OC)N1C(=O)CN(Cc3ccccc3)C(=O)[C@@H]1C2.COC(=O)c1cc2c(cc1OC)N1C(=O)CN(Cc3ccccc3)C(=O)[C@@H]1C2. The van der Waals surface area contributed by atoms with Crippen LogP contribution in [0.4, 0.5) is 11.4 Å². The van der Waals surface area contributed by atoms with Gasteiger partial charge in [0.05, 0.1) is 39.8 Å². The van der Waals surface area contributed by atoms with E-state index in [0.717, 1.165) is 22.3 Å². The molecule has 0 N–H and O–H groups in total. The Morgan fingerprint density at radius 3 is 1.29 bits per heavy atom. The summed E-state index contributed by atoms with van der Waals surface area (Å²) in [7, 11) is 5.50. The quantitative estimate of drug-likeness (QED) is 0.244. The number of nitrogens with zero attached hydrogens (tertiary/aromatic N) is 4. The minimum absolute atomic E-state index is 0.0186. The van der Waals surface area contributed by atoms with Gasteiger partial charge in [-0.1, -0.05) is 60.7 Å². The van der Waals surface area contributed by atoms with Crippen molar-refractivity contribution in [2.24, 2.45) is 0 Å². The molecule has 4 heterocycles. The lowest BCUT2D eigenvalue weighted by molar-refractivity contribution is -0.141. The van der Waals surface area contributed by atoms with Crippen LogP contribution in [0.2, 0.25) is 0 Å². The van der Waals surface area contributed by atoms with Gasteiger partial charge in [0.15, 0.2) is 0 Å². The van der Waals surface area contributed by atoms with Gasteiger partial charge in [0.25, 0.3) is 0 Å². The van der Waals surface area contributed by atoms with Crippen LogP contribution in [0.1, 0.15) is 43.0 Å². The highest BCUT2D eigenvalue weighted by atomic mass is 16.5. The van der Waals surface area contributed by atoms with Crippen LogP contribution >= 0.6 is 0 Å². The molecule has 2 atom stereocenters. The summed E-state index contributed by atoms with van der Waals surface area (Å²) in [6.07, 6.45) is 0.721. The normalized spacial score (nSPS) is 18.0. The fourth-order valence-electron chi connectivity index (χ4n) is 7.76. The molecule has 4 aromatic carbocycles. The molecule has 0 radical (unpaired) electrons. The van der Waals surface area contributed by atoms with Crippen LogP contribution in [0.3, 0.4) is 0 Å². The maximum absolute atomic E-state index is 13.1. The third kappa shape index (κ3) is 6.89. The van der Waals surface area contributed by atoms with Crippen LogP contribution in [-0.4, -0.2) is 99.0 Å². The molecule has 2 fully saturated rings. The number of carbonyl (C=O) groups excluding carboxylic acids is 6. The average Bonchev–Trinajstić information content (AvgIpc) is 3.80. The lowest BCUT2D eigenvalue weighted by atomic mass is 10.0. The molecule has 56 heavy (non-hydrogen) atoms. The fourth-order valence-corrected chi connectivity index (χ4v) is 7.76. The maximum atomic E-state index is 13.1. The molecular weight excluding hydrogens is 720 g/mol. The Morgan fingerprint density at radius 2 is 0.946 bits per heavy atom. The third-order valence-corrected chi connectivity index (χ3v) is 10.4. The fraction of sp³-hybridized carbons (Fsp3) is 0.286. The molecule has 8 rings (SSSR count). The lowest BCUT2D eigenvalue weighted by Crippen LogP contribution is -2.58. The van der Waals surface area contributed by atoms with E-state index >= 15 is 0 Å². The monoisotopic (exact) mass is 760 g/mol. The van der Waals surface area contributed by atoms with E-state index in [0.29, 0.717) is 48.8 Å². The van der Waals surface area contributed by atoms with Crippen molar-refractivity contribution >= 4 is 46.9 Å². The first-order valence-corrected chi connectivity index (χ1v) is 17.9. The van der Waals surface area contributed by atoms with Crippen molar-refractivity contribution in [3.05, 3.63) is 118 Å². The maximum Gasteiger partial charge on any atom is 0.341 e. The highest BCUT2D eigenvalue weighted by Gasteiger charge is 2.47.